The van der Waals surface area contributed by atoms with Crippen molar-refractivity contribution in [1.29, 1.82) is 5.41 Å². The third-order valence-corrected chi connectivity index (χ3v) is 11.5. The maximum atomic E-state index is 14.6. The van der Waals surface area contributed by atoms with Gasteiger partial charge in [0.15, 0.2) is 10.7 Å². The van der Waals surface area contributed by atoms with Crippen LogP contribution in [0.3, 0.4) is 0 Å². The number of fused-ring (bicyclic) bond motifs is 2. The van der Waals surface area contributed by atoms with Crippen LogP contribution < -0.4 is 35.1 Å². The fourth-order valence-electron chi connectivity index (χ4n) is 6.99. The van der Waals surface area contributed by atoms with Gasteiger partial charge in [0, 0.05) is 34.3 Å². The topological polar surface area (TPSA) is 239 Å². The van der Waals surface area contributed by atoms with Crippen LogP contribution in [-0.4, -0.2) is 100 Å². The van der Waals surface area contributed by atoms with Gasteiger partial charge < -0.3 is 48.4 Å². The SMILES string of the molecule is COC(=O)CN(CC(=O)OC)c1ccccc1OCCOc1cc(NS(=O)(=O)c2c3oc4cc(N)ccc4c(-c4ccccc4C)c-3ccc2=N)ccc1N(CC(=O)OC)CC(=O)OC. The number of nitrogen functional groups attached to an aromatic ring is 1. The van der Waals surface area contributed by atoms with Gasteiger partial charge in [-0.25, -0.2) is 8.42 Å². The monoisotopic (exact) mass is 909 g/mol. The van der Waals surface area contributed by atoms with E-state index in [9.17, 15) is 27.6 Å². The predicted molar refractivity (Wildman–Crippen MR) is 240 cm³/mol. The van der Waals surface area contributed by atoms with Crippen LogP contribution in [0.2, 0.25) is 0 Å². The van der Waals surface area contributed by atoms with Crippen molar-refractivity contribution in [2.75, 3.05) is 88.1 Å². The van der Waals surface area contributed by atoms with Crippen LogP contribution in [0.25, 0.3) is 33.4 Å². The Bertz CT molecular complexity index is 2850. The van der Waals surface area contributed by atoms with Crippen molar-refractivity contribution in [2.24, 2.45) is 0 Å². The molecule has 0 aromatic heterocycles. The number of carbonyl (C=O) groups excluding carboxylic acids is 4. The molecule has 4 aromatic carbocycles. The number of nitrogens with one attached hydrogen (secondary N) is 2. The lowest BCUT2D eigenvalue weighted by atomic mass is 9.91. The van der Waals surface area contributed by atoms with E-state index < -0.39 is 51.9 Å². The molecule has 1 heterocycles. The molecule has 0 atom stereocenters. The molecule has 0 bridgehead atoms. The highest BCUT2D eigenvalue weighted by Gasteiger charge is 2.30. The lowest BCUT2D eigenvalue weighted by Gasteiger charge is -2.26. The number of sulfonamides is 1. The first kappa shape index (κ1) is 46.7. The zero-order valence-electron chi connectivity index (χ0n) is 36.2. The van der Waals surface area contributed by atoms with Gasteiger partial charge in [0.1, 0.15) is 56.5 Å². The molecule has 4 N–H and O–H groups in total. The van der Waals surface area contributed by atoms with Crippen molar-refractivity contribution in [1.82, 2.24) is 0 Å². The number of ether oxygens (including phenoxy) is 6. The van der Waals surface area contributed by atoms with Crippen molar-refractivity contribution >= 4 is 67.6 Å². The van der Waals surface area contributed by atoms with Gasteiger partial charge in [-0.05, 0) is 66.6 Å². The number of hydrogen-bond acceptors (Lipinski definition) is 17. The van der Waals surface area contributed by atoms with Crippen molar-refractivity contribution in [3.8, 4) is 33.9 Å². The van der Waals surface area contributed by atoms with E-state index in [1.807, 2.05) is 31.2 Å². The molecule has 340 valence electrons. The quantitative estimate of drug-likeness (QED) is 0.0314. The Morgan fingerprint density at radius 1 is 0.662 bits per heavy atom. The molecule has 1 aliphatic heterocycles. The molecule has 0 fully saturated rings. The maximum Gasteiger partial charge on any atom is 0.325 e. The Morgan fingerprint density at radius 3 is 1.82 bits per heavy atom. The molecule has 0 radical (unpaired) electrons. The Labute approximate surface area is 374 Å². The Hall–Kier alpha value is -7.80. The molecule has 0 spiro atoms. The number of aryl methyl sites for hydroxylation is 1. The number of nitrogens with two attached hydrogens (primary N) is 1. The fraction of sp³-hybridized carbons (Fsp3) is 0.239. The summed E-state index contributed by atoms with van der Waals surface area (Å²) in [7, 11) is 0.180. The number of benzene rings is 5. The predicted octanol–water partition coefficient (Wildman–Crippen LogP) is 5.14. The number of nitrogens with zero attached hydrogens (tertiary/aromatic N) is 2. The number of methoxy groups -OCH3 is 4. The molecule has 6 rings (SSSR count). The molecule has 4 aromatic rings. The van der Waals surface area contributed by atoms with Gasteiger partial charge in [0.05, 0.1) is 50.9 Å². The lowest BCUT2D eigenvalue weighted by molar-refractivity contribution is -0.141. The third kappa shape index (κ3) is 10.9. The van der Waals surface area contributed by atoms with E-state index in [1.54, 1.807) is 48.5 Å². The second kappa shape index (κ2) is 20.6. The standard InChI is InChI=1S/C46H47N5O13S/c1-28-10-6-7-11-31(28)44-32-16-14-29(47)22-38(32)64-45-33(44)17-18-34(48)46(45)65(56,57)49-30-15-19-36(51(26-42(54)60-4)27-43(55)61-5)39(23-30)63-21-20-62-37-13-9-8-12-35(37)50(24-40(52)58-2)25-41(53)59-3/h6-19,22-23,48-49H,20-21,24-27,47H2,1-5H3. The second-order valence-electron chi connectivity index (χ2n) is 14.3. The van der Waals surface area contributed by atoms with E-state index in [2.05, 4.69) is 4.72 Å². The lowest BCUT2D eigenvalue weighted by Crippen LogP contribution is -2.36. The van der Waals surface area contributed by atoms with Crippen molar-refractivity contribution in [3.63, 3.8) is 0 Å². The van der Waals surface area contributed by atoms with Crippen molar-refractivity contribution in [2.45, 2.75) is 11.8 Å². The zero-order valence-corrected chi connectivity index (χ0v) is 37.0. The van der Waals surface area contributed by atoms with Gasteiger partial charge in [-0.2, -0.15) is 0 Å². The first-order valence-electron chi connectivity index (χ1n) is 19.9. The summed E-state index contributed by atoms with van der Waals surface area (Å²) in [5.74, 6) is -2.42. The summed E-state index contributed by atoms with van der Waals surface area (Å²) < 4.78 is 69.6. The highest BCUT2D eigenvalue weighted by atomic mass is 32.2. The van der Waals surface area contributed by atoms with Crippen LogP contribution in [0.1, 0.15) is 5.56 Å². The second-order valence-corrected chi connectivity index (χ2v) is 16.0. The molecule has 18 nitrogen and oxygen atoms in total. The first-order chi connectivity index (χ1) is 31.2. The average molecular weight is 910 g/mol. The molecular formula is C46H47N5O13S. The first-order valence-corrected chi connectivity index (χ1v) is 21.3. The van der Waals surface area contributed by atoms with Gasteiger partial charge >= 0.3 is 23.9 Å². The molecule has 65 heavy (non-hydrogen) atoms. The highest BCUT2D eigenvalue weighted by molar-refractivity contribution is 7.92. The zero-order chi connectivity index (χ0) is 46.8. The van der Waals surface area contributed by atoms with Crippen molar-refractivity contribution in [3.05, 3.63) is 108 Å². The van der Waals surface area contributed by atoms with Gasteiger partial charge in [0.25, 0.3) is 10.0 Å². The van der Waals surface area contributed by atoms with Crippen LogP contribution in [0, 0.1) is 12.3 Å². The van der Waals surface area contributed by atoms with Gasteiger partial charge in [-0.3, -0.25) is 29.3 Å². The van der Waals surface area contributed by atoms with Crippen LogP contribution in [0.4, 0.5) is 22.7 Å². The average Bonchev–Trinajstić information content (AvgIpc) is 3.29. The molecular weight excluding hydrogens is 863 g/mol. The van der Waals surface area contributed by atoms with E-state index >= 15 is 0 Å². The third-order valence-electron chi connectivity index (χ3n) is 10.1. The number of carbonyl (C=O) groups is 4. The van der Waals surface area contributed by atoms with Crippen LogP contribution in [-0.2, 0) is 48.1 Å². The highest BCUT2D eigenvalue weighted by Crippen LogP contribution is 2.44. The molecule has 0 unspecified atom stereocenters. The molecule has 0 saturated heterocycles. The van der Waals surface area contributed by atoms with E-state index in [4.69, 9.17) is 44.0 Å². The summed E-state index contributed by atoms with van der Waals surface area (Å²) in [6, 6.07) is 26.6. The van der Waals surface area contributed by atoms with Crippen molar-refractivity contribution < 1.29 is 60.4 Å². The van der Waals surface area contributed by atoms with Crippen LogP contribution in [0.15, 0.2) is 106 Å². The summed E-state index contributed by atoms with van der Waals surface area (Å²) in [6.07, 6.45) is 0. The van der Waals surface area contributed by atoms with E-state index in [1.165, 1.54) is 62.5 Å². The van der Waals surface area contributed by atoms with Crippen LogP contribution in [0.5, 0.6) is 11.5 Å². The van der Waals surface area contributed by atoms with E-state index in [0.717, 1.165) is 11.1 Å². The molecule has 1 aliphatic carbocycles. The van der Waals surface area contributed by atoms with Crippen LogP contribution >= 0.6 is 0 Å². The summed E-state index contributed by atoms with van der Waals surface area (Å²) in [4.78, 5) is 52.0. The molecule has 19 heteroatoms. The Kier molecular flexibility index (Phi) is 14.8. The number of rotatable bonds is 19. The smallest absolute Gasteiger partial charge is 0.325 e. The number of para-hydroxylation sites is 2. The minimum Gasteiger partial charge on any atom is -0.488 e. The summed E-state index contributed by atoms with van der Waals surface area (Å²) >= 11 is 0. The number of hydrogen-bond donors (Lipinski definition) is 3. The summed E-state index contributed by atoms with van der Waals surface area (Å²) in [5.41, 5.74) is 10.3. The summed E-state index contributed by atoms with van der Waals surface area (Å²) in [6.45, 7) is 0.186. The minimum absolute atomic E-state index is 0.00455. The molecule has 0 amide bonds. The normalized spacial score (nSPS) is 11.1. The fourth-order valence-corrected chi connectivity index (χ4v) is 8.29. The van der Waals surface area contributed by atoms with Gasteiger partial charge in [-0.1, -0.05) is 36.4 Å². The van der Waals surface area contributed by atoms with Gasteiger partial charge in [-0.15, -0.1) is 0 Å². The summed E-state index contributed by atoms with van der Waals surface area (Å²) in [5, 5.41) is 9.20. The molecule has 0 saturated carbocycles. The minimum atomic E-state index is -4.62. The van der Waals surface area contributed by atoms with Gasteiger partial charge in [0.2, 0.25) is 0 Å². The molecule has 2 aliphatic rings. The number of anilines is 4. The largest absolute Gasteiger partial charge is 0.488 e. The Morgan fingerprint density at radius 2 is 1.22 bits per heavy atom. The Balaban J connectivity index is 1.37. The maximum absolute atomic E-state index is 14.6. The van der Waals surface area contributed by atoms with E-state index in [-0.39, 0.29) is 60.3 Å². The number of esters is 4. The van der Waals surface area contributed by atoms with E-state index in [0.29, 0.717) is 33.5 Å².